The molecule has 2 N–H and O–H groups in total. The van der Waals surface area contributed by atoms with E-state index in [1.165, 1.54) is 17.8 Å². The molecule has 1 atom stereocenters. The average Bonchev–Trinajstić information content (AvgIpc) is 3.28. The molecular formula is C27H27Cl2N5O2S. The maximum Gasteiger partial charge on any atom is 0.253 e. The van der Waals surface area contributed by atoms with Gasteiger partial charge in [0, 0.05) is 17.3 Å². The number of carbonyl (C=O) groups is 2. The molecule has 1 heterocycles. The van der Waals surface area contributed by atoms with Crippen LogP contribution < -0.4 is 10.6 Å². The Morgan fingerprint density at radius 1 is 1.00 bits per heavy atom. The third-order valence-corrected chi connectivity index (χ3v) is 7.35. The number of nitrogens with one attached hydrogen (secondary N) is 2. The van der Waals surface area contributed by atoms with Crippen LogP contribution in [0.1, 0.15) is 43.0 Å². The van der Waals surface area contributed by atoms with Crippen LogP contribution in [0.15, 0.2) is 65.8 Å². The molecule has 0 aliphatic heterocycles. The van der Waals surface area contributed by atoms with Crippen molar-refractivity contribution in [1.29, 1.82) is 0 Å². The van der Waals surface area contributed by atoms with Gasteiger partial charge in [-0.15, -0.1) is 10.2 Å². The van der Waals surface area contributed by atoms with Crippen LogP contribution in [0, 0.1) is 5.92 Å². The number of benzene rings is 3. The Morgan fingerprint density at radius 3 is 2.46 bits per heavy atom. The van der Waals surface area contributed by atoms with E-state index in [9.17, 15) is 9.59 Å². The zero-order valence-corrected chi connectivity index (χ0v) is 23.0. The van der Waals surface area contributed by atoms with E-state index in [0.717, 1.165) is 16.5 Å². The highest BCUT2D eigenvalue weighted by molar-refractivity contribution is 7.99. The van der Waals surface area contributed by atoms with E-state index in [2.05, 4.69) is 20.8 Å². The minimum atomic E-state index is -0.410. The van der Waals surface area contributed by atoms with Gasteiger partial charge in [0.05, 0.1) is 22.4 Å². The molecule has 1 aromatic heterocycles. The van der Waals surface area contributed by atoms with Gasteiger partial charge in [0.2, 0.25) is 5.91 Å². The van der Waals surface area contributed by atoms with Crippen molar-refractivity contribution in [2.75, 3.05) is 11.1 Å². The lowest BCUT2D eigenvalue weighted by Gasteiger charge is -2.22. The first-order valence-electron chi connectivity index (χ1n) is 11.9. The molecule has 2 amide bonds. The fourth-order valence-electron chi connectivity index (χ4n) is 3.95. The SMILES string of the molecule is CCn1c(SCC(=O)Nc2ccc3ccccc3c2)nnc1C(NC(=O)c1ccc(Cl)cc1Cl)C(C)C. The summed E-state index contributed by atoms with van der Waals surface area (Å²) in [5.41, 5.74) is 1.07. The second-order valence-corrected chi connectivity index (χ2v) is 10.6. The molecule has 0 saturated carbocycles. The summed E-state index contributed by atoms with van der Waals surface area (Å²) in [4.78, 5) is 25.6. The molecule has 0 radical (unpaired) electrons. The maximum atomic E-state index is 13.0. The molecule has 0 aliphatic rings. The number of amides is 2. The molecule has 3 aromatic carbocycles. The monoisotopic (exact) mass is 555 g/mol. The highest BCUT2D eigenvalue weighted by atomic mass is 35.5. The molecule has 4 rings (SSSR count). The smallest absolute Gasteiger partial charge is 0.253 e. The number of carbonyl (C=O) groups excluding carboxylic acids is 2. The molecule has 0 spiro atoms. The second-order valence-electron chi connectivity index (χ2n) is 8.80. The number of rotatable bonds is 9. The molecule has 192 valence electrons. The van der Waals surface area contributed by atoms with E-state index in [4.69, 9.17) is 23.2 Å². The Labute approximate surface area is 229 Å². The van der Waals surface area contributed by atoms with Crippen molar-refractivity contribution < 1.29 is 9.59 Å². The summed E-state index contributed by atoms with van der Waals surface area (Å²) in [6.07, 6.45) is 0. The van der Waals surface area contributed by atoms with Gasteiger partial charge < -0.3 is 15.2 Å². The molecule has 0 bridgehead atoms. The van der Waals surface area contributed by atoms with Crippen molar-refractivity contribution in [3.63, 3.8) is 0 Å². The summed E-state index contributed by atoms with van der Waals surface area (Å²) in [6.45, 7) is 6.54. The van der Waals surface area contributed by atoms with Crippen LogP contribution in [0.25, 0.3) is 10.8 Å². The molecule has 10 heteroatoms. The Morgan fingerprint density at radius 2 is 1.76 bits per heavy atom. The number of hydrogen-bond donors (Lipinski definition) is 2. The summed E-state index contributed by atoms with van der Waals surface area (Å²) >= 11 is 13.5. The quantitative estimate of drug-likeness (QED) is 0.226. The Kier molecular flexibility index (Phi) is 8.74. The third kappa shape index (κ3) is 6.44. The van der Waals surface area contributed by atoms with E-state index in [-0.39, 0.29) is 28.5 Å². The lowest BCUT2D eigenvalue weighted by atomic mass is 10.0. The largest absolute Gasteiger partial charge is 0.342 e. The van der Waals surface area contributed by atoms with E-state index in [1.54, 1.807) is 12.1 Å². The van der Waals surface area contributed by atoms with Gasteiger partial charge in [0.1, 0.15) is 0 Å². The minimum absolute atomic E-state index is 0.0265. The highest BCUT2D eigenvalue weighted by Crippen LogP contribution is 2.27. The third-order valence-electron chi connectivity index (χ3n) is 5.83. The van der Waals surface area contributed by atoms with Gasteiger partial charge in [-0.2, -0.15) is 0 Å². The number of anilines is 1. The minimum Gasteiger partial charge on any atom is -0.342 e. The first kappa shape index (κ1) is 27.0. The maximum absolute atomic E-state index is 13.0. The van der Waals surface area contributed by atoms with Crippen molar-refractivity contribution >= 4 is 63.2 Å². The van der Waals surface area contributed by atoms with Gasteiger partial charge >= 0.3 is 0 Å². The molecule has 7 nitrogen and oxygen atoms in total. The Bertz CT molecular complexity index is 1440. The standard InChI is InChI=1S/C27H27Cl2N5O2S/c1-4-34-25(24(16(2)3)31-26(36)21-12-10-19(28)14-22(21)29)32-33-27(34)37-15-23(35)30-20-11-9-17-7-5-6-8-18(17)13-20/h5-14,16,24H,4,15H2,1-3H3,(H,30,35)(H,31,36). The zero-order valence-electron chi connectivity index (χ0n) is 20.7. The number of nitrogens with zero attached hydrogens (tertiary/aromatic N) is 3. The number of fused-ring (bicyclic) bond motifs is 1. The summed E-state index contributed by atoms with van der Waals surface area (Å²) in [5, 5.41) is 18.2. The first-order chi connectivity index (χ1) is 17.8. The van der Waals surface area contributed by atoms with Gasteiger partial charge in [-0.3, -0.25) is 9.59 Å². The number of halogens is 2. The van der Waals surface area contributed by atoms with Gasteiger partial charge in [0.15, 0.2) is 11.0 Å². The van der Waals surface area contributed by atoms with Crippen molar-refractivity contribution in [3.05, 3.63) is 82.1 Å². The summed E-state index contributed by atoms with van der Waals surface area (Å²) < 4.78 is 1.92. The molecular weight excluding hydrogens is 529 g/mol. The summed E-state index contributed by atoms with van der Waals surface area (Å²) in [7, 11) is 0. The van der Waals surface area contributed by atoms with E-state index >= 15 is 0 Å². The zero-order chi connectivity index (χ0) is 26.5. The van der Waals surface area contributed by atoms with Crippen molar-refractivity contribution in [2.45, 2.75) is 38.5 Å². The fraction of sp³-hybridized carbons (Fsp3) is 0.259. The van der Waals surface area contributed by atoms with E-state index in [0.29, 0.717) is 28.1 Å². The first-order valence-corrected chi connectivity index (χ1v) is 13.6. The van der Waals surface area contributed by atoms with Crippen molar-refractivity contribution in [3.8, 4) is 0 Å². The van der Waals surface area contributed by atoms with Gasteiger partial charge in [-0.25, -0.2) is 0 Å². The van der Waals surface area contributed by atoms with Crippen molar-refractivity contribution in [1.82, 2.24) is 20.1 Å². The van der Waals surface area contributed by atoms with Crippen LogP contribution in [-0.4, -0.2) is 32.3 Å². The Balaban J connectivity index is 1.45. The average molecular weight is 557 g/mol. The normalized spacial score (nSPS) is 12.1. The van der Waals surface area contributed by atoms with Gasteiger partial charge in [-0.1, -0.05) is 79.1 Å². The molecule has 0 aliphatic carbocycles. The lowest BCUT2D eigenvalue weighted by molar-refractivity contribution is -0.113. The highest BCUT2D eigenvalue weighted by Gasteiger charge is 2.27. The van der Waals surface area contributed by atoms with Gasteiger partial charge in [0.25, 0.3) is 5.91 Å². The van der Waals surface area contributed by atoms with Crippen LogP contribution in [0.3, 0.4) is 0 Å². The van der Waals surface area contributed by atoms with Crippen molar-refractivity contribution in [2.24, 2.45) is 5.92 Å². The lowest BCUT2D eigenvalue weighted by Crippen LogP contribution is -2.34. The molecule has 4 aromatic rings. The van der Waals surface area contributed by atoms with E-state index in [1.807, 2.05) is 67.8 Å². The van der Waals surface area contributed by atoms with Crippen LogP contribution in [-0.2, 0) is 11.3 Å². The van der Waals surface area contributed by atoms with Crippen LogP contribution >= 0.6 is 35.0 Å². The Hall–Kier alpha value is -3.07. The number of hydrogen-bond acceptors (Lipinski definition) is 5. The topological polar surface area (TPSA) is 88.9 Å². The van der Waals surface area contributed by atoms with E-state index < -0.39 is 6.04 Å². The van der Waals surface area contributed by atoms with Gasteiger partial charge in [-0.05, 0) is 53.9 Å². The van der Waals surface area contributed by atoms with Crippen LogP contribution in [0.5, 0.6) is 0 Å². The second kappa shape index (κ2) is 12.0. The molecule has 0 saturated heterocycles. The van der Waals surface area contributed by atoms with Crippen LogP contribution in [0.4, 0.5) is 5.69 Å². The number of thioether (sulfide) groups is 1. The summed E-state index contributed by atoms with van der Waals surface area (Å²) in [6, 6.07) is 18.2. The predicted molar refractivity (Wildman–Crippen MR) is 151 cm³/mol. The van der Waals surface area contributed by atoms with Crippen LogP contribution in [0.2, 0.25) is 10.0 Å². The molecule has 0 fully saturated rings. The summed E-state index contributed by atoms with van der Waals surface area (Å²) in [5.74, 6) is 0.352. The fourth-order valence-corrected chi connectivity index (χ4v) is 5.25. The molecule has 1 unspecified atom stereocenters. The predicted octanol–water partition coefficient (Wildman–Crippen LogP) is 6.62. The molecule has 37 heavy (non-hydrogen) atoms. The number of aromatic nitrogens is 3.